The molecule has 30 heavy (non-hydrogen) atoms. The summed E-state index contributed by atoms with van der Waals surface area (Å²) in [6.45, 7) is 5.79. The second-order valence-corrected chi connectivity index (χ2v) is 8.51. The fraction of sp³-hybridized carbons (Fsp3) is 0.409. The van der Waals surface area contributed by atoms with E-state index in [0.29, 0.717) is 25.1 Å². The number of fused-ring (bicyclic) bond motifs is 1. The molecule has 2 aliphatic heterocycles. The lowest BCUT2D eigenvalue weighted by molar-refractivity contribution is -0.139. The first-order chi connectivity index (χ1) is 14.1. The molecular weight excluding hydrogens is 398 g/mol. The van der Waals surface area contributed by atoms with Gasteiger partial charge < -0.3 is 10.2 Å². The number of rotatable bonds is 3. The molecule has 2 atom stereocenters. The Hall–Kier alpha value is -2.61. The van der Waals surface area contributed by atoms with Crippen LogP contribution in [-0.4, -0.2) is 42.0 Å². The highest BCUT2D eigenvalue weighted by molar-refractivity contribution is 5.89. The number of nitrogens with zero attached hydrogens (tertiary/aromatic N) is 2. The molecule has 4 rings (SSSR count). The van der Waals surface area contributed by atoms with Crippen molar-refractivity contribution in [1.29, 1.82) is 0 Å². The molecular formula is C22H23F4N3O. The first-order valence-corrected chi connectivity index (χ1v) is 9.83. The lowest BCUT2D eigenvalue weighted by Gasteiger charge is -2.25. The minimum Gasteiger partial charge on any atom is -0.324 e. The highest BCUT2D eigenvalue weighted by Gasteiger charge is 2.50. The zero-order valence-electron chi connectivity index (χ0n) is 16.5. The average molecular weight is 421 g/mol. The molecule has 1 N–H and O–H groups in total. The number of amides is 2. The van der Waals surface area contributed by atoms with Crippen LogP contribution in [0.1, 0.15) is 18.1 Å². The number of carbonyl (C=O) groups is 1. The van der Waals surface area contributed by atoms with Gasteiger partial charge in [-0.05, 0) is 29.7 Å². The summed E-state index contributed by atoms with van der Waals surface area (Å²) in [4.78, 5) is 16.7. The van der Waals surface area contributed by atoms with Gasteiger partial charge in [0.1, 0.15) is 5.82 Å². The number of hydrogen-bond acceptors (Lipinski definition) is 2. The number of benzene rings is 2. The van der Waals surface area contributed by atoms with Gasteiger partial charge in [-0.2, -0.15) is 13.2 Å². The van der Waals surface area contributed by atoms with Crippen LogP contribution in [0.15, 0.2) is 48.5 Å². The number of anilines is 1. The van der Waals surface area contributed by atoms with Crippen LogP contribution >= 0.6 is 0 Å². The smallest absolute Gasteiger partial charge is 0.324 e. The first-order valence-electron chi connectivity index (χ1n) is 9.83. The number of hydrogen-bond donors (Lipinski definition) is 1. The van der Waals surface area contributed by atoms with Gasteiger partial charge in [0.15, 0.2) is 0 Å². The van der Waals surface area contributed by atoms with Crippen molar-refractivity contribution in [2.24, 2.45) is 11.3 Å². The monoisotopic (exact) mass is 421 g/mol. The van der Waals surface area contributed by atoms with Crippen molar-refractivity contribution in [1.82, 2.24) is 9.80 Å². The Morgan fingerprint density at radius 3 is 2.53 bits per heavy atom. The van der Waals surface area contributed by atoms with Gasteiger partial charge in [-0.3, -0.25) is 4.90 Å². The topological polar surface area (TPSA) is 35.6 Å². The lowest BCUT2D eigenvalue weighted by Crippen LogP contribution is -2.37. The lowest BCUT2D eigenvalue weighted by atomic mass is 9.83. The summed E-state index contributed by atoms with van der Waals surface area (Å²) in [6.07, 6.45) is -4.81. The quantitative estimate of drug-likeness (QED) is 0.721. The molecule has 2 amide bonds. The molecule has 2 fully saturated rings. The molecule has 0 spiro atoms. The van der Waals surface area contributed by atoms with Crippen molar-refractivity contribution < 1.29 is 22.4 Å². The van der Waals surface area contributed by atoms with Gasteiger partial charge >= 0.3 is 12.2 Å². The van der Waals surface area contributed by atoms with Crippen molar-refractivity contribution in [2.75, 3.05) is 31.5 Å². The van der Waals surface area contributed by atoms with Crippen LogP contribution in [0.2, 0.25) is 0 Å². The first kappa shape index (κ1) is 20.7. The fourth-order valence-corrected chi connectivity index (χ4v) is 4.60. The Morgan fingerprint density at radius 1 is 1.13 bits per heavy atom. The van der Waals surface area contributed by atoms with Gasteiger partial charge in [0.2, 0.25) is 0 Å². The van der Waals surface area contributed by atoms with Crippen LogP contribution in [0.25, 0.3) is 0 Å². The van der Waals surface area contributed by atoms with Crippen molar-refractivity contribution >= 4 is 11.7 Å². The van der Waals surface area contributed by atoms with Crippen LogP contribution < -0.4 is 5.32 Å². The summed E-state index contributed by atoms with van der Waals surface area (Å²) in [7, 11) is 0. The minimum absolute atomic E-state index is 0.0634. The Bertz CT molecular complexity index is 934. The van der Waals surface area contributed by atoms with Gasteiger partial charge in [0.05, 0.1) is 5.56 Å². The number of urea groups is 1. The predicted molar refractivity (Wildman–Crippen MR) is 105 cm³/mol. The van der Waals surface area contributed by atoms with Crippen LogP contribution in [0.4, 0.5) is 28.0 Å². The maximum absolute atomic E-state index is 13.5. The Kier molecular flexibility index (Phi) is 5.22. The maximum atomic E-state index is 13.5. The molecule has 0 unspecified atom stereocenters. The molecule has 0 bridgehead atoms. The molecule has 4 nitrogen and oxygen atoms in total. The second-order valence-electron chi connectivity index (χ2n) is 8.51. The number of nitrogens with one attached hydrogen (secondary N) is 1. The molecule has 2 aliphatic rings. The van der Waals surface area contributed by atoms with E-state index in [1.807, 2.05) is 18.2 Å². The molecule has 2 aromatic rings. The van der Waals surface area contributed by atoms with Gasteiger partial charge in [0, 0.05) is 43.8 Å². The summed E-state index contributed by atoms with van der Waals surface area (Å²) in [5.41, 5.74) is -0.275. The van der Waals surface area contributed by atoms with Crippen LogP contribution in [0.5, 0.6) is 0 Å². The van der Waals surface area contributed by atoms with Crippen LogP contribution in [0.3, 0.4) is 0 Å². The molecule has 2 aromatic carbocycles. The van der Waals surface area contributed by atoms with E-state index in [2.05, 4.69) is 29.3 Å². The Balaban J connectivity index is 1.38. The summed E-state index contributed by atoms with van der Waals surface area (Å²) in [5.74, 6) is -1.06. The second kappa shape index (κ2) is 7.58. The average Bonchev–Trinajstić information content (AvgIpc) is 3.14. The molecule has 2 saturated heterocycles. The normalized spacial score (nSPS) is 24.2. The molecule has 0 aromatic heterocycles. The van der Waals surface area contributed by atoms with E-state index in [4.69, 9.17) is 0 Å². The number of carbonyl (C=O) groups excluding carboxylic acids is 1. The van der Waals surface area contributed by atoms with Crippen molar-refractivity contribution in [3.63, 3.8) is 0 Å². The highest BCUT2D eigenvalue weighted by atomic mass is 19.4. The molecule has 8 heteroatoms. The third-order valence-corrected chi connectivity index (χ3v) is 6.10. The fourth-order valence-electron chi connectivity index (χ4n) is 4.60. The molecule has 2 heterocycles. The number of halogens is 4. The molecule has 0 aliphatic carbocycles. The standard InChI is InChI=1S/C22H23F4N3O/c1-21-13-28(10-15-5-3-2-4-6-15)11-16(21)12-29(14-21)20(30)27-17-7-8-19(23)18(9-17)22(24,25)26/h2-9,16H,10-14H2,1H3,(H,27,30)/t16-,21+/m0/s1. The van der Waals surface area contributed by atoms with Gasteiger partial charge in [-0.1, -0.05) is 37.3 Å². The Morgan fingerprint density at radius 2 is 1.87 bits per heavy atom. The minimum atomic E-state index is -4.81. The van der Waals surface area contributed by atoms with E-state index in [-0.39, 0.29) is 11.1 Å². The van der Waals surface area contributed by atoms with E-state index in [0.717, 1.165) is 31.8 Å². The van der Waals surface area contributed by atoms with Crippen LogP contribution in [0, 0.1) is 17.2 Å². The van der Waals surface area contributed by atoms with E-state index >= 15 is 0 Å². The van der Waals surface area contributed by atoms with Crippen molar-refractivity contribution in [2.45, 2.75) is 19.6 Å². The summed E-state index contributed by atoms with van der Waals surface area (Å²) in [5, 5.41) is 2.49. The van der Waals surface area contributed by atoms with E-state index < -0.39 is 23.6 Å². The predicted octanol–water partition coefficient (Wildman–Crippen LogP) is 4.83. The largest absolute Gasteiger partial charge is 0.419 e. The third kappa shape index (κ3) is 4.14. The van der Waals surface area contributed by atoms with Gasteiger partial charge in [-0.15, -0.1) is 0 Å². The zero-order valence-corrected chi connectivity index (χ0v) is 16.5. The summed E-state index contributed by atoms with van der Waals surface area (Å²) in [6, 6.07) is 12.2. The maximum Gasteiger partial charge on any atom is 0.419 e. The number of likely N-dealkylation sites (tertiary alicyclic amines) is 2. The van der Waals surface area contributed by atoms with Crippen molar-refractivity contribution in [3.05, 3.63) is 65.5 Å². The van der Waals surface area contributed by atoms with E-state index in [9.17, 15) is 22.4 Å². The van der Waals surface area contributed by atoms with Gasteiger partial charge in [0.25, 0.3) is 0 Å². The summed E-state index contributed by atoms with van der Waals surface area (Å²) >= 11 is 0. The highest BCUT2D eigenvalue weighted by Crippen LogP contribution is 2.42. The van der Waals surface area contributed by atoms with Crippen molar-refractivity contribution in [3.8, 4) is 0 Å². The molecule has 0 radical (unpaired) electrons. The summed E-state index contributed by atoms with van der Waals surface area (Å²) < 4.78 is 52.2. The third-order valence-electron chi connectivity index (χ3n) is 6.10. The van der Waals surface area contributed by atoms with E-state index in [1.54, 1.807) is 4.90 Å². The van der Waals surface area contributed by atoms with E-state index in [1.165, 1.54) is 5.56 Å². The van der Waals surface area contributed by atoms with Crippen LogP contribution in [-0.2, 0) is 12.7 Å². The zero-order chi connectivity index (χ0) is 21.5. The molecule has 160 valence electrons. The number of alkyl halides is 3. The Labute approximate surface area is 172 Å². The van der Waals surface area contributed by atoms with Gasteiger partial charge in [-0.25, -0.2) is 9.18 Å². The molecule has 0 saturated carbocycles. The SMILES string of the molecule is C[C@]12CN(Cc3ccccc3)C[C@H]1CN(C(=O)Nc1ccc(F)c(C(F)(F)F)c1)C2.